The molecule has 1 aromatic carbocycles. The van der Waals surface area contributed by atoms with E-state index in [1.165, 1.54) is 7.11 Å². The first-order valence-corrected chi connectivity index (χ1v) is 6.99. The highest BCUT2D eigenvalue weighted by Gasteiger charge is 2.30. The summed E-state index contributed by atoms with van der Waals surface area (Å²) in [5, 5.41) is 0. The Morgan fingerprint density at radius 1 is 1.24 bits per heavy atom. The molecule has 6 nitrogen and oxygen atoms in total. The first-order chi connectivity index (χ1) is 10.2. The zero-order chi connectivity index (χ0) is 15.1. The smallest absolute Gasteiger partial charge is 0.421 e. The van der Waals surface area contributed by atoms with Crippen LogP contribution in [0.5, 0.6) is 0 Å². The molecule has 0 heterocycles. The largest absolute Gasteiger partial charge is 0.469 e. The topological polar surface area (TPSA) is 76.7 Å². The molecule has 1 aliphatic rings. The maximum atomic E-state index is 11.6. The van der Waals surface area contributed by atoms with Gasteiger partial charge in [-0.2, -0.15) is 0 Å². The normalized spacial score (nSPS) is 20.8. The number of hydrogen-bond donors (Lipinski definition) is 2. The Bertz CT molecular complexity index is 478. The predicted octanol–water partition coefficient (Wildman–Crippen LogP) is 1.76. The lowest BCUT2D eigenvalue weighted by Gasteiger charge is -2.13. The summed E-state index contributed by atoms with van der Waals surface area (Å²) in [7, 11) is 1.39. The van der Waals surface area contributed by atoms with Crippen LogP contribution in [0.1, 0.15) is 24.8 Å². The van der Waals surface area contributed by atoms with Crippen LogP contribution in [0.15, 0.2) is 30.3 Å². The summed E-state index contributed by atoms with van der Waals surface area (Å²) in [5.41, 5.74) is 6.33. The highest BCUT2D eigenvalue weighted by atomic mass is 16.6. The molecule has 21 heavy (non-hydrogen) atoms. The van der Waals surface area contributed by atoms with E-state index in [4.69, 9.17) is 9.47 Å². The summed E-state index contributed by atoms with van der Waals surface area (Å²) in [6.07, 6.45) is 1.72. The summed E-state index contributed by atoms with van der Waals surface area (Å²) >= 11 is 0. The molecule has 2 rings (SSSR count). The van der Waals surface area contributed by atoms with Gasteiger partial charge in [-0.3, -0.25) is 10.2 Å². The molecule has 0 aromatic heterocycles. The van der Waals surface area contributed by atoms with E-state index >= 15 is 0 Å². The molecule has 1 fully saturated rings. The van der Waals surface area contributed by atoms with Gasteiger partial charge in [0.2, 0.25) is 0 Å². The number of amides is 1. The Morgan fingerprint density at radius 2 is 2.00 bits per heavy atom. The van der Waals surface area contributed by atoms with Gasteiger partial charge in [0.05, 0.1) is 13.0 Å². The first-order valence-electron chi connectivity index (χ1n) is 6.99. The van der Waals surface area contributed by atoms with Crippen molar-refractivity contribution in [2.24, 2.45) is 5.92 Å². The number of carbonyl (C=O) groups is 2. The number of methoxy groups -OCH3 is 1. The van der Waals surface area contributed by atoms with Crippen molar-refractivity contribution in [3.8, 4) is 0 Å². The molecule has 0 bridgehead atoms. The van der Waals surface area contributed by atoms with Crippen LogP contribution < -0.4 is 10.9 Å². The lowest BCUT2D eigenvalue weighted by atomic mass is 10.1. The van der Waals surface area contributed by atoms with E-state index in [1.54, 1.807) is 0 Å². The molecule has 6 heteroatoms. The molecular weight excluding hydrogens is 272 g/mol. The van der Waals surface area contributed by atoms with Crippen molar-refractivity contribution in [2.75, 3.05) is 7.11 Å². The standard InChI is InChI=1S/C15H20N2O4/c1-20-14(18)12-7-8-13(9-12)16-17-15(19)21-10-11-5-3-2-4-6-11/h2-6,12-13,16H,7-10H2,1H3,(H,17,19). The van der Waals surface area contributed by atoms with Gasteiger partial charge in [0.15, 0.2) is 0 Å². The molecule has 1 saturated carbocycles. The summed E-state index contributed by atoms with van der Waals surface area (Å²) in [4.78, 5) is 23.0. The third-order valence-corrected chi connectivity index (χ3v) is 3.56. The average molecular weight is 292 g/mol. The predicted molar refractivity (Wildman–Crippen MR) is 76.0 cm³/mol. The van der Waals surface area contributed by atoms with Crippen molar-refractivity contribution in [3.05, 3.63) is 35.9 Å². The van der Waals surface area contributed by atoms with Crippen LogP contribution >= 0.6 is 0 Å². The SMILES string of the molecule is COC(=O)C1CCC(NNC(=O)OCc2ccccc2)C1. The number of hydrogen-bond acceptors (Lipinski definition) is 5. The number of rotatable bonds is 5. The average Bonchev–Trinajstić information content (AvgIpc) is 3.00. The molecule has 0 radical (unpaired) electrons. The van der Waals surface area contributed by atoms with Gasteiger partial charge in [-0.15, -0.1) is 0 Å². The summed E-state index contributed by atoms with van der Waals surface area (Å²) in [6, 6.07) is 9.53. The minimum absolute atomic E-state index is 0.0679. The summed E-state index contributed by atoms with van der Waals surface area (Å²) in [6.45, 7) is 0.226. The highest BCUT2D eigenvalue weighted by molar-refractivity contribution is 5.72. The molecule has 0 saturated heterocycles. The van der Waals surface area contributed by atoms with E-state index in [-0.39, 0.29) is 24.5 Å². The molecule has 1 aromatic rings. The van der Waals surface area contributed by atoms with Crippen molar-refractivity contribution in [1.82, 2.24) is 10.9 Å². The molecular formula is C15H20N2O4. The maximum Gasteiger partial charge on any atom is 0.421 e. The second-order valence-corrected chi connectivity index (χ2v) is 5.06. The van der Waals surface area contributed by atoms with Crippen molar-refractivity contribution in [3.63, 3.8) is 0 Å². The van der Waals surface area contributed by atoms with Gasteiger partial charge >= 0.3 is 12.1 Å². The zero-order valence-electron chi connectivity index (χ0n) is 12.0. The Balaban J connectivity index is 1.65. The van der Waals surface area contributed by atoms with Gasteiger partial charge in [0.25, 0.3) is 0 Å². The number of carbonyl (C=O) groups excluding carboxylic acids is 2. The molecule has 114 valence electrons. The second-order valence-electron chi connectivity index (χ2n) is 5.06. The summed E-state index contributed by atoms with van der Waals surface area (Å²) < 4.78 is 9.80. The molecule has 2 N–H and O–H groups in total. The van der Waals surface area contributed by atoms with E-state index in [1.807, 2.05) is 30.3 Å². The molecule has 2 atom stereocenters. The van der Waals surface area contributed by atoms with Crippen LogP contribution in [-0.2, 0) is 20.9 Å². The summed E-state index contributed by atoms with van der Waals surface area (Å²) in [5.74, 6) is -0.277. The third kappa shape index (κ3) is 4.75. The molecule has 1 amide bonds. The van der Waals surface area contributed by atoms with E-state index in [0.717, 1.165) is 18.4 Å². The molecule has 0 aliphatic heterocycles. The van der Waals surface area contributed by atoms with Crippen LogP contribution in [-0.4, -0.2) is 25.2 Å². The first kappa shape index (κ1) is 15.3. The number of esters is 1. The minimum atomic E-state index is -0.527. The second kappa shape index (κ2) is 7.64. The lowest BCUT2D eigenvalue weighted by Crippen LogP contribution is -2.43. The third-order valence-electron chi connectivity index (χ3n) is 3.56. The number of nitrogens with one attached hydrogen (secondary N) is 2. The zero-order valence-corrected chi connectivity index (χ0v) is 12.0. The fourth-order valence-electron chi connectivity index (χ4n) is 2.41. The Labute approximate surface area is 123 Å². The Hall–Kier alpha value is -2.08. The minimum Gasteiger partial charge on any atom is -0.469 e. The highest BCUT2D eigenvalue weighted by Crippen LogP contribution is 2.26. The Kier molecular flexibility index (Phi) is 5.57. The number of ether oxygens (including phenoxy) is 2. The lowest BCUT2D eigenvalue weighted by molar-refractivity contribution is -0.145. The van der Waals surface area contributed by atoms with Crippen LogP contribution in [0.2, 0.25) is 0 Å². The van der Waals surface area contributed by atoms with Gasteiger partial charge in [0.1, 0.15) is 6.61 Å². The Morgan fingerprint density at radius 3 is 2.71 bits per heavy atom. The van der Waals surface area contributed by atoms with E-state index in [0.29, 0.717) is 6.42 Å². The fraction of sp³-hybridized carbons (Fsp3) is 0.467. The van der Waals surface area contributed by atoms with Gasteiger partial charge in [-0.05, 0) is 24.8 Å². The van der Waals surface area contributed by atoms with E-state index in [2.05, 4.69) is 10.9 Å². The molecule has 1 aliphatic carbocycles. The van der Waals surface area contributed by atoms with Crippen LogP contribution in [0.25, 0.3) is 0 Å². The number of hydrazine groups is 1. The van der Waals surface area contributed by atoms with Crippen LogP contribution in [0.4, 0.5) is 4.79 Å². The van der Waals surface area contributed by atoms with Crippen molar-refractivity contribution < 1.29 is 19.1 Å². The van der Waals surface area contributed by atoms with Gasteiger partial charge < -0.3 is 9.47 Å². The van der Waals surface area contributed by atoms with Crippen molar-refractivity contribution in [1.29, 1.82) is 0 Å². The van der Waals surface area contributed by atoms with E-state index < -0.39 is 6.09 Å². The molecule has 2 unspecified atom stereocenters. The van der Waals surface area contributed by atoms with Gasteiger partial charge in [0, 0.05) is 6.04 Å². The quantitative estimate of drug-likeness (QED) is 0.639. The van der Waals surface area contributed by atoms with Crippen LogP contribution in [0.3, 0.4) is 0 Å². The maximum absolute atomic E-state index is 11.6. The fourth-order valence-corrected chi connectivity index (χ4v) is 2.41. The number of benzene rings is 1. The van der Waals surface area contributed by atoms with Gasteiger partial charge in [-0.25, -0.2) is 10.2 Å². The van der Waals surface area contributed by atoms with Crippen molar-refractivity contribution in [2.45, 2.75) is 31.9 Å². The van der Waals surface area contributed by atoms with Crippen molar-refractivity contribution >= 4 is 12.1 Å². The van der Waals surface area contributed by atoms with Gasteiger partial charge in [-0.1, -0.05) is 30.3 Å². The van der Waals surface area contributed by atoms with Crippen LogP contribution in [0, 0.1) is 5.92 Å². The van der Waals surface area contributed by atoms with E-state index in [9.17, 15) is 9.59 Å². The monoisotopic (exact) mass is 292 g/mol. The molecule has 0 spiro atoms.